The van der Waals surface area contributed by atoms with Crippen LogP contribution < -0.4 is 4.74 Å². The predicted molar refractivity (Wildman–Crippen MR) is 139 cm³/mol. The molecule has 0 spiro atoms. The lowest BCUT2D eigenvalue weighted by molar-refractivity contribution is -0.140. The monoisotopic (exact) mass is 485 g/mol. The van der Waals surface area contributed by atoms with Crippen molar-refractivity contribution >= 4 is 17.4 Å². The average molecular weight is 486 g/mol. The van der Waals surface area contributed by atoms with Crippen LogP contribution in [0, 0.1) is 6.92 Å². The van der Waals surface area contributed by atoms with Crippen LogP contribution in [0.2, 0.25) is 0 Å². The molecular formula is C30H31NO5. The van der Waals surface area contributed by atoms with E-state index in [2.05, 4.69) is 13.0 Å². The molecule has 4 rings (SSSR count). The predicted octanol–water partition coefficient (Wildman–Crippen LogP) is 5.20. The molecular weight excluding hydrogens is 454 g/mol. The van der Waals surface area contributed by atoms with E-state index in [-0.39, 0.29) is 24.5 Å². The number of likely N-dealkylation sites (tertiary alicyclic amines) is 1. The van der Waals surface area contributed by atoms with Crippen LogP contribution in [0.3, 0.4) is 0 Å². The van der Waals surface area contributed by atoms with Crippen molar-refractivity contribution in [3.05, 3.63) is 106 Å². The Labute approximate surface area is 211 Å². The van der Waals surface area contributed by atoms with Gasteiger partial charge in [0.2, 0.25) is 0 Å². The Kier molecular flexibility index (Phi) is 7.86. The van der Waals surface area contributed by atoms with Gasteiger partial charge in [-0.15, -0.1) is 0 Å². The van der Waals surface area contributed by atoms with Gasteiger partial charge in [-0.2, -0.15) is 0 Å². The van der Waals surface area contributed by atoms with Crippen molar-refractivity contribution in [2.75, 3.05) is 20.3 Å². The van der Waals surface area contributed by atoms with Crippen molar-refractivity contribution in [3.8, 4) is 5.75 Å². The molecule has 0 saturated carbocycles. The fourth-order valence-corrected chi connectivity index (χ4v) is 4.42. The Hall–Kier alpha value is -3.90. The molecule has 0 radical (unpaired) electrons. The molecule has 6 heteroatoms. The normalized spacial score (nSPS) is 17.0. The van der Waals surface area contributed by atoms with Gasteiger partial charge in [-0.1, -0.05) is 61.0 Å². The minimum atomic E-state index is -0.701. The number of rotatable bonds is 9. The fraction of sp³-hybridized carbons (Fsp3) is 0.267. The van der Waals surface area contributed by atoms with Gasteiger partial charge in [-0.3, -0.25) is 9.59 Å². The summed E-state index contributed by atoms with van der Waals surface area (Å²) in [5, 5.41) is 11.2. The molecule has 0 bridgehead atoms. The van der Waals surface area contributed by atoms with Gasteiger partial charge in [-0.25, -0.2) is 0 Å². The van der Waals surface area contributed by atoms with Crippen molar-refractivity contribution in [2.24, 2.45) is 0 Å². The summed E-state index contributed by atoms with van der Waals surface area (Å²) in [7, 11) is 1.55. The highest BCUT2D eigenvalue weighted by Crippen LogP contribution is 2.39. The van der Waals surface area contributed by atoms with E-state index in [1.807, 2.05) is 49.4 Å². The molecule has 1 amide bonds. The number of aliphatic hydroxyl groups is 1. The zero-order valence-corrected chi connectivity index (χ0v) is 20.9. The van der Waals surface area contributed by atoms with Gasteiger partial charge in [0.15, 0.2) is 0 Å². The first-order valence-corrected chi connectivity index (χ1v) is 12.1. The molecule has 1 heterocycles. The zero-order valence-electron chi connectivity index (χ0n) is 20.9. The third-order valence-corrected chi connectivity index (χ3v) is 6.40. The minimum Gasteiger partial charge on any atom is -0.507 e. The summed E-state index contributed by atoms with van der Waals surface area (Å²) in [4.78, 5) is 27.5. The van der Waals surface area contributed by atoms with Gasteiger partial charge in [0, 0.05) is 19.2 Å². The zero-order chi connectivity index (χ0) is 25.7. The van der Waals surface area contributed by atoms with E-state index >= 15 is 0 Å². The molecule has 36 heavy (non-hydrogen) atoms. The summed E-state index contributed by atoms with van der Waals surface area (Å²) in [5.74, 6) is -0.910. The van der Waals surface area contributed by atoms with Crippen molar-refractivity contribution < 1.29 is 24.2 Å². The van der Waals surface area contributed by atoms with Gasteiger partial charge in [0.05, 0.1) is 18.2 Å². The highest BCUT2D eigenvalue weighted by molar-refractivity contribution is 6.46. The number of benzene rings is 3. The number of hydrogen-bond donors (Lipinski definition) is 1. The van der Waals surface area contributed by atoms with Gasteiger partial charge >= 0.3 is 0 Å². The van der Waals surface area contributed by atoms with Crippen LogP contribution in [0.25, 0.3) is 5.76 Å². The topological polar surface area (TPSA) is 76.1 Å². The van der Waals surface area contributed by atoms with Crippen LogP contribution in [0.15, 0.2) is 78.4 Å². The van der Waals surface area contributed by atoms with E-state index in [0.29, 0.717) is 17.9 Å². The summed E-state index contributed by atoms with van der Waals surface area (Å²) in [6.45, 7) is 5.04. The third-order valence-electron chi connectivity index (χ3n) is 6.40. The molecule has 0 aliphatic carbocycles. The van der Waals surface area contributed by atoms with Crippen molar-refractivity contribution in [1.82, 2.24) is 4.90 Å². The Bertz CT molecular complexity index is 1260. The van der Waals surface area contributed by atoms with E-state index in [9.17, 15) is 14.7 Å². The first-order valence-electron chi connectivity index (χ1n) is 12.1. The van der Waals surface area contributed by atoms with E-state index in [4.69, 9.17) is 9.47 Å². The van der Waals surface area contributed by atoms with E-state index in [1.54, 1.807) is 31.4 Å². The maximum atomic E-state index is 13.1. The Morgan fingerprint density at radius 2 is 1.69 bits per heavy atom. The summed E-state index contributed by atoms with van der Waals surface area (Å²) in [5.41, 5.74) is 4.66. The van der Waals surface area contributed by atoms with Crippen molar-refractivity contribution in [1.29, 1.82) is 0 Å². The van der Waals surface area contributed by atoms with Crippen molar-refractivity contribution in [2.45, 2.75) is 32.9 Å². The molecule has 3 aromatic carbocycles. The molecule has 1 fully saturated rings. The fourth-order valence-electron chi connectivity index (χ4n) is 4.42. The lowest BCUT2D eigenvalue weighted by Gasteiger charge is -2.25. The van der Waals surface area contributed by atoms with Crippen LogP contribution >= 0.6 is 0 Å². The lowest BCUT2D eigenvalue weighted by Crippen LogP contribution is -2.32. The number of carbonyl (C=O) groups excluding carboxylic acids is 2. The number of aryl methyl sites for hydroxylation is 2. The molecule has 6 nitrogen and oxygen atoms in total. The molecule has 1 aliphatic heterocycles. The first-order chi connectivity index (χ1) is 17.4. The smallest absolute Gasteiger partial charge is 0.295 e. The SMILES string of the molecule is CCc1ccc(C2/C(=C(\O)c3ccc(OCc4cccc(C)c4)cc3)C(=O)C(=O)N2CCOC)cc1. The number of carbonyl (C=O) groups is 2. The number of methoxy groups -OCH3 is 1. The molecule has 1 aliphatic rings. The van der Waals surface area contributed by atoms with E-state index in [0.717, 1.165) is 28.7 Å². The van der Waals surface area contributed by atoms with Gasteiger partial charge in [-0.05, 0) is 54.3 Å². The summed E-state index contributed by atoms with van der Waals surface area (Å²) in [6, 6.07) is 22.1. The van der Waals surface area contributed by atoms with Crippen LogP contribution in [-0.4, -0.2) is 42.0 Å². The summed E-state index contributed by atoms with van der Waals surface area (Å²) in [6.07, 6.45) is 0.877. The summed E-state index contributed by atoms with van der Waals surface area (Å²) < 4.78 is 11.0. The molecule has 1 atom stereocenters. The quantitative estimate of drug-likeness (QED) is 0.256. The average Bonchev–Trinajstić information content (AvgIpc) is 3.15. The standard InChI is InChI=1S/C30H31NO5/c1-4-21-8-10-23(11-9-21)27-26(29(33)30(34)31(27)16-17-35-3)28(32)24-12-14-25(15-13-24)36-19-22-7-5-6-20(2)18-22/h5-15,18,27,32H,4,16-17,19H2,1-3H3/b28-26+. The number of ether oxygens (including phenoxy) is 2. The Morgan fingerprint density at radius 1 is 0.972 bits per heavy atom. The second-order valence-electron chi connectivity index (χ2n) is 8.88. The Balaban J connectivity index is 1.64. The van der Waals surface area contributed by atoms with Crippen LogP contribution in [0.5, 0.6) is 5.75 Å². The number of hydrogen-bond acceptors (Lipinski definition) is 5. The van der Waals surface area contributed by atoms with Crippen LogP contribution in [0.1, 0.15) is 40.8 Å². The molecule has 3 aromatic rings. The van der Waals surface area contributed by atoms with Gasteiger partial charge < -0.3 is 19.5 Å². The summed E-state index contributed by atoms with van der Waals surface area (Å²) >= 11 is 0. The second kappa shape index (κ2) is 11.2. The maximum Gasteiger partial charge on any atom is 0.295 e. The number of amides is 1. The van der Waals surface area contributed by atoms with Gasteiger partial charge in [0.25, 0.3) is 11.7 Å². The number of Topliss-reactive ketones (excluding diaryl/α,β-unsaturated/α-hetero) is 1. The third kappa shape index (κ3) is 5.34. The molecule has 186 valence electrons. The molecule has 1 saturated heterocycles. The number of nitrogens with zero attached hydrogens (tertiary/aromatic N) is 1. The number of ketones is 1. The molecule has 0 aromatic heterocycles. The van der Waals surface area contributed by atoms with Crippen molar-refractivity contribution in [3.63, 3.8) is 0 Å². The minimum absolute atomic E-state index is 0.0776. The largest absolute Gasteiger partial charge is 0.507 e. The first kappa shape index (κ1) is 25.2. The van der Waals surface area contributed by atoms with Gasteiger partial charge in [0.1, 0.15) is 18.1 Å². The molecule has 1 N–H and O–H groups in total. The number of aliphatic hydroxyl groups excluding tert-OH is 1. The highest BCUT2D eigenvalue weighted by atomic mass is 16.5. The van der Waals surface area contributed by atoms with Crippen LogP contribution in [0.4, 0.5) is 0 Å². The Morgan fingerprint density at radius 3 is 2.33 bits per heavy atom. The maximum absolute atomic E-state index is 13.1. The second-order valence-corrected chi connectivity index (χ2v) is 8.88. The highest BCUT2D eigenvalue weighted by Gasteiger charge is 2.45. The van der Waals surface area contributed by atoms with E-state index < -0.39 is 17.7 Å². The van der Waals surface area contributed by atoms with Crippen LogP contribution in [-0.2, 0) is 27.4 Å². The lowest BCUT2D eigenvalue weighted by atomic mass is 9.94. The molecule has 1 unspecified atom stereocenters. The van der Waals surface area contributed by atoms with E-state index in [1.165, 1.54) is 4.90 Å².